The monoisotopic (exact) mass is 327 g/mol. The molecule has 4 rings (SSSR count). The van der Waals surface area contributed by atoms with Crippen LogP contribution < -0.4 is 0 Å². The van der Waals surface area contributed by atoms with Crippen molar-refractivity contribution in [1.29, 1.82) is 0 Å². The fourth-order valence-corrected chi connectivity index (χ4v) is 3.23. The predicted molar refractivity (Wildman–Crippen MR) is 101 cm³/mol. The lowest BCUT2D eigenvalue weighted by molar-refractivity contribution is 0.404. The molecule has 0 bridgehead atoms. The second-order valence-electron chi connectivity index (χ2n) is 6.10. The number of nitrogens with zero attached hydrogens (tertiary/aromatic N) is 1. The van der Waals surface area contributed by atoms with Crippen LogP contribution in [0.4, 0.5) is 0 Å². The third-order valence-electron chi connectivity index (χ3n) is 4.54. The summed E-state index contributed by atoms with van der Waals surface area (Å²) in [6, 6.07) is 19.4. The van der Waals surface area contributed by atoms with E-state index in [0.717, 1.165) is 22.3 Å². The Morgan fingerprint density at radius 3 is 2.32 bits per heavy atom. The van der Waals surface area contributed by atoms with Crippen molar-refractivity contribution < 1.29 is 10.2 Å². The molecule has 3 aromatic carbocycles. The predicted octanol–water partition coefficient (Wildman–Crippen LogP) is 5.29. The van der Waals surface area contributed by atoms with E-state index in [1.165, 1.54) is 22.4 Å². The highest BCUT2D eigenvalue weighted by Crippen LogP contribution is 2.38. The van der Waals surface area contributed by atoms with Gasteiger partial charge in [0.1, 0.15) is 0 Å². The fraction of sp³-hybridized carbons (Fsp3) is 0.0455. The van der Waals surface area contributed by atoms with Crippen LogP contribution in [-0.4, -0.2) is 15.2 Å². The minimum absolute atomic E-state index is 0.130. The minimum atomic E-state index is -0.138. The molecular weight excluding hydrogens is 310 g/mol. The first-order chi connectivity index (χ1) is 12.1. The molecule has 0 amide bonds. The van der Waals surface area contributed by atoms with E-state index in [4.69, 9.17) is 0 Å². The Hall–Kier alpha value is -3.33. The number of benzene rings is 3. The normalized spacial score (nSPS) is 10.9. The highest BCUT2D eigenvalue weighted by atomic mass is 16.3. The molecule has 4 aromatic rings. The van der Waals surface area contributed by atoms with Gasteiger partial charge in [0.2, 0.25) is 0 Å². The summed E-state index contributed by atoms with van der Waals surface area (Å²) in [5.74, 6) is -0.268. The SMILES string of the molecule is Cc1ccc(-c2ccncc2-c2ccc(O)c(O)c2)c2ccccc12. The van der Waals surface area contributed by atoms with Gasteiger partial charge in [0.15, 0.2) is 11.5 Å². The number of fused-ring (bicyclic) bond motifs is 1. The summed E-state index contributed by atoms with van der Waals surface area (Å²) in [6.45, 7) is 2.11. The molecule has 0 aliphatic rings. The summed E-state index contributed by atoms with van der Waals surface area (Å²) in [7, 11) is 0. The van der Waals surface area contributed by atoms with Gasteiger partial charge in [-0.15, -0.1) is 0 Å². The zero-order chi connectivity index (χ0) is 17.4. The summed E-state index contributed by atoms with van der Waals surface area (Å²) in [5.41, 5.74) is 5.11. The number of pyridine rings is 1. The van der Waals surface area contributed by atoms with E-state index in [2.05, 4.69) is 36.2 Å². The van der Waals surface area contributed by atoms with Crippen molar-refractivity contribution in [2.75, 3.05) is 0 Å². The number of aromatic nitrogens is 1. The van der Waals surface area contributed by atoms with Gasteiger partial charge < -0.3 is 10.2 Å². The standard InChI is InChI=1S/C22H17NO2/c1-14-6-8-18(17-5-3-2-4-16(14)17)19-10-11-23-13-20(19)15-7-9-21(24)22(25)12-15/h2-13,24-25H,1H3. The molecule has 3 nitrogen and oxygen atoms in total. The van der Waals surface area contributed by atoms with Crippen molar-refractivity contribution in [2.24, 2.45) is 0 Å². The lowest BCUT2D eigenvalue weighted by Crippen LogP contribution is -1.89. The highest BCUT2D eigenvalue weighted by molar-refractivity contribution is 6.01. The number of aromatic hydroxyl groups is 2. The van der Waals surface area contributed by atoms with Crippen molar-refractivity contribution in [3.8, 4) is 33.8 Å². The van der Waals surface area contributed by atoms with E-state index in [1.807, 2.05) is 18.2 Å². The molecule has 0 radical (unpaired) electrons. The quantitative estimate of drug-likeness (QED) is 0.492. The Labute approximate surface area is 145 Å². The topological polar surface area (TPSA) is 53.4 Å². The lowest BCUT2D eigenvalue weighted by Gasteiger charge is -2.14. The van der Waals surface area contributed by atoms with Gasteiger partial charge in [-0.05, 0) is 58.1 Å². The zero-order valence-electron chi connectivity index (χ0n) is 13.8. The second-order valence-corrected chi connectivity index (χ2v) is 6.10. The van der Waals surface area contributed by atoms with Crippen molar-refractivity contribution in [2.45, 2.75) is 6.92 Å². The first-order valence-corrected chi connectivity index (χ1v) is 8.10. The summed E-state index contributed by atoms with van der Waals surface area (Å²) in [5, 5.41) is 21.8. The fourth-order valence-electron chi connectivity index (χ4n) is 3.23. The van der Waals surface area contributed by atoms with Crippen LogP contribution in [0.2, 0.25) is 0 Å². The Morgan fingerprint density at radius 1 is 0.720 bits per heavy atom. The lowest BCUT2D eigenvalue weighted by atomic mass is 9.91. The van der Waals surface area contributed by atoms with E-state index in [-0.39, 0.29) is 11.5 Å². The number of phenolic OH excluding ortho intramolecular Hbond substituents is 2. The number of rotatable bonds is 2. The third kappa shape index (κ3) is 2.60. The molecule has 0 aliphatic heterocycles. The second kappa shape index (κ2) is 5.95. The molecule has 3 heteroatoms. The molecule has 2 N–H and O–H groups in total. The minimum Gasteiger partial charge on any atom is -0.504 e. The van der Waals surface area contributed by atoms with Crippen LogP contribution in [-0.2, 0) is 0 Å². The van der Waals surface area contributed by atoms with Gasteiger partial charge in [0.25, 0.3) is 0 Å². The van der Waals surface area contributed by atoms with Crippen molar-refractivity contribution in [1.82, 2.24) is 4.98 Å². The Morgan fingerprint density at radius 2 is 1.52 bits per heavy atom. The Kier molecular flexibility index (Phi) is 3.62. The van der Waals surface area contributed by atoms with Crippen LogP contribution in [0.25, 0.3) is 33.0 Å². The molecule has 0 unspecified atom stereocenters. The molecule has 25 heavy (non-hydrogen) atoms. The van der Waals surface area contributed by atoms with Crippen LogP contribution in [0.3, 0.4) is 0 Å². The maximum absolute atomic E-state index is 9.86. The number of hydrogen-bond acceptors (Lipinski definition) is 3. The van der Waals surface area contributed by atoms with Gasteiger partial charge in [-0.2, -0.15) is 0 Å². The highest BCUT2D eigenvalue weighted by Gasteiger charge is 2.12. The molecular formula is C22H17NO2. The van der Waals surface area contributed by atoms with Crippen LogP contribution in [0.1, 0.15) is 5.56 Å². The average Bonchev–Trinajstić information content (AvgIpc) is 2.65. The van der Waals surface area contributed by atoms with Gasteiger partial charge >= 0.3 is 0 Å². The molecule has 0 spiro atoms. The summed E-state index contributed by atoms with van der Waals surface area (Å²) < 4.78 is 0. The van der Waals surface area contributed by atoms with Crippen LogP contribution >= 0.6 is 0 Å². The largest absolute Gasteiger partial charge is 0.504 e. The van der Waals surface area contributed by atoms with E-state index in [0.29, 0.717) is 0 Å². The summed E-state index contributed by atoms with van der Waals surface area (Å²) in [6.07, 6.45) is 3.56. The molecule has 0 fully saturated rings. The van der Waals surface area contributed by atoms with Crippen molar-refractivity contribution in [3.05, 3.63) is 78.6 Å². The molecule has 1 heterocycles. The first kappa shape index (κ1) is 15.2. The summed E-state index contributed by atoms with van der Waals surface area (Å²) in [4.78, 5) is 4.25. The maximum atomic E-state index is 9.86. The number of aryl methyl sites for hydroxylation is 1. The van der Waals surface area contributed by atoms with E-state index in [9.17, 15) is 10.2 Å². The molecule has 0 saturated heterocycles. The van der Waals surface area contributed by atoms with E-state index in [1.54, 1.807) is 24.5 Å². The molecule has 122 valence electrons. The van der Waals surface area contributed by atoms with Gasteiger partial charge in [-0.1, -0.05) is 42.5 Å². The van der Waals surface area contributed by atoms with Crippen molar-refractivity contribution >= 4 is 10.8 Å². The summed E-state index contributed by atoms with van der Waals surface area (Å²) >= 11 is 0. The number of hydrogen-bond donors (Lipinski definition) is 2. The van der Waals surface area contributed by atoms with Gasteiger partial charge in [-0.3, -0.25) is 4.98 Å². The van der Waals surface area contributed by atoms with Crippen molar-refractivity contribution in [3.63, 3.8) is 0 Å². The zero-order valence-corrected chi connectivity index (χ0v) is 13.8. The Bertz CT molecular complexity index is 1090. The van der Waals surface area contributed by atoms with E-state index < -0.39 is 0 Å². The molecule has 1 aromatic heterocycles. The smallest absolute Gasteiger partial charge is 0.158 e. The van der Waals surface area contributed by atoms with E-state index >= 15 is 0 Å². The molecule has 0 saturated carbocycles. The van der Waals surface area contributed by atoms with Crippen LogP contribution in [0.5, 0.6) is 11.5 Å². The molecule has 0 aliphatic carbocycles. The van der Waals surface area contributed by atoms with Gasteiger partial charge in [0.05, 0.1) is 0 Å². The van der Waals surface area contributed by atoms with Crippen LogP contribution in [0, 0.1) is 6.92 Å². The van der Waals surface area contributed by atoms with Crippen LogP contribution in [0.15, 0.2) is 73.1 Å². The maximum Gasteiger partial charge on any atom is 0.158 e. The average molecular weight is 327 g/mol. The first-order valence-electron chi connectivity index (χ1n) is 8.10. The molecule has 0 atom stereocenters. The third-order valence-corrected chi connectivity index (χ3v) is 4.54. The Balaban J connectivity index is 1.99. The van der Waals surface area contributed by atoms with Gasteiger partial charge in [-0.25, -0.2) is 0 Å². The van der Waals surface area contributed by atoms with Gasteiger partial charge in [0, 0.05) is 18.0 Å². The number of phenols is 2.